The molecule has 0 aliphatic carbocycles. The lowest BCUT2D eigenvalue weighted by atomic mass is 9.94. The number of methoxy groups -OCH3 is 1. The summed E-state index contributed by atoms with van der Waals surface area (Å²) in [4.78, 5) is 39.7. The molecule has 0 saturated carbocycles. The van der Waals surface area contributed by atoms with Crippen LogP contribution in [0.3, 0.4) is 0 Å². The van der Waals surface area contributed by atoms with Gasteiger partial charge in [-0.2, -0.15) is 0 Å². The first kappa shape index (κ1) is 24.7. The Hall–Kier alpha value is -4.39. The van der Waals surface area contributed by atoms with Gasteiger partial charge in [-0.15, -0.1) is 0 Å². The number of benzene rings is 3. The van der Waals surface area contributed by atoms with Crippen LogP contribution in [0.5, 0.6) is 11.5 Å². The van der Waals surface area contributed by atoms with Crippen LogP contribution in [0.25, 0.3) is 5.76 Å². The number of ether oxygens (including phenoxy) is 2. The maximum atomic E-state index is 13.4. The first-order valence-electron chi connectivity index (χ1n) is 11.4. The molecule has 1 aliphatic rings. The number of Topliss-reactive ketones (excluding diaryl/α,β-unsaturated/α-hetero) is 1. The van der Waals surface area contributed by atoms with Gasteiger partial charge < -0.3 is 14.6 Å². The van der Waals surface area contributed by atoms with Crippen LogP contribution in [-0.2, 0) is 14.4 Å². The van der Waals surface area contributed by atoms with Crippen molar-refractivity contribution >= 4 is 29.1 Å². The van der Waals surface area contributed by atoms with E-state index in [1.54, 1.807) is 55.6 Å². The smallest absolute Gasteiger partial charge is 0.308 e. The predicted octanol–water partition coefficient (Wildman–Crippen LogP) is 5.17. The Balaban J connectivity index is 1.95. The number of hydrogen-bond donors (Lipinski definition) is 1. The molecule has 1 atom stereocenters. The number of ketones is 1. The highest BCUT2D eigenvalue weighted by atomic mass is 16.5. The highest BCUT2D eigenvalue weighted by Gasteiger charge is 2.47. The van der Waals surface area contributed by atoms with Crippen molar-refractivity contribution in [3.8, 4) is 11.5 Å². The Bertz CT molecular complexity index is 1420. The van der Waals surface area contributed by atoms with Crippen molar-refractivity contribution in [2.24, 2.45) is 0 Å². The third-order valence-electron chi connectivity index (χ3n) is 6.32. The zero-order valence-corrected chi connectivity index (χ0v) is 20.8. The minimum atomic E-state index is -0.940. The summed E-state index contributed by atoms with van der Waals surface area (Å²) in [5, 5.41) is 11.4. The van der Waals surface area contributed by atoms with Crippen LogP contribution in [0.2, 0.25) is 0 Å². The number of esters is 1. The largest absolute Gasteiger partial charge is 0.507 e. The maximum Gasteiger partial charge on any atom is 0.308 e. The van der Waals surface area contributed by atoms with Crippen molar-refractivity contribution in [2.45, 2.75) is 33.7 Å². The fourth-order valence-corrected chi connectivity index (χ4v) is 4.38. The summed E-state index contributed by atoms with van der Waals surface area (Å²) < 4.78 is 10.6. The quantitative estimate of drug-likeness (QED) is 0.176. The Labute approximate surface area is 209 Å². The molecule has 1 amide bonds. The van der Waals surface area contributed by atoms with Crippen LogP contribution in [0.15, 0.2) is 66.2 Å². The third-order valence-corrected chi connectivity index (χ3v) is 6.32. The zero-order chi connectivity index (χ0) is 26.1. The molecule has 36 heavy (non-hydrogen) atoms. The van der Waals surface area contributed by atoms with Gasteiger partial charge in [0, 0.05) is 18.2 Å². The predicted molar refractivity (Wildman–Crippen MR) is 136 cm³/mol. The minimum Gasteiger partial charge on any atom is -0.507 e. The molecule has 3 aromatic carbocycles. The Morgan fingerprint density at radius 3 is 2.31 bits per heavy atom. The molecule has 1 aliphatic heterocycles. The summed E-state index contributed by atoms with van der Waals surface area (Å²) in [6.45, 7) is 6.99. The topological polar surface area (TPSA) is 93.1 Å². The molecule has 1 unspecified atom stereocenters. The van der Waals surface area contributed by atoms with Gasteiger partial charge in [0.25, 0.3) is 11.7 Å². The van der Waals surface area contributed by atoms with E-state index in [0.29, 0.717) is 22.6 Å². The second-order valence-electron chi connectivity index (χ2n) is 8.79. The van der Waals surface area contributed by atoms with Gasteiger partial charge >= 0.3 is 5.97 Å². The van der Waals surface area contributed by atoms with Crippen LogP contribution >= 0.6 is 0 Å². The number of nitrogens with zero attached hydrogens (tertiary/aromatic N) is 1. The molecule has 184 valence electrons. The van der Waals surface area contributed by atoms with E-state index in [1.807, 2.05) is 32.9 Å². The standard InChI is InChI=1S/C29H27NO6/c1-16-9-11-22(14-17(16)2)30-26(20-7-6-8-23(15-20)36-19(4)31)25(28(33)29(30)34)27(32)21-10-12-24(35-5)18(3)13-21/h6-15,26,32H,1-5H3/b27-25+. The van der Waals surface area contributed by atoms with Gasteiger partial charge in [-0.3, -0.25) is 19.3 Å². The molecule has 1 N–H and O–H groups in total. The number of hydrogen-bond acceptors (Lipinski definition) is 6. The normalized spacial score (nSPS) is 16.8. The van der Waals surface area contributed by atoms with Gasteiger partial charge in [0.1, 0.15) is 17.3 Å². The van der Waals surface area contributed by atoms with Crippen molar-refractivity contribution in [3.63, 3.8) is 0 Å². The van der Waals surface area contributed by atoms with Crippen LogP contribution < -0.4 is 14.4 Å². The number of amides is 1. The summed E-state index contributed by atoms with van der Waals surface area (Å²) in [7, 11) is 1.55. The van der Waals surface area contributed by atoms with Crippen LogP contribution in [-0.4, -0.2) is 29.9 Å². The Morgan fingerprint density at radius 2 is 1.67 bits per heavy atom. The first-order valence-corrected chi connectivity index (χ1v) is 11.4. The molecule has 1 fully saturated rings. The van der Waals surface area contributed by atoms with E-state index in [9.17, 15) is 19.5 Å². The number of carbonyl (C=O) groups is 3. The molecular weight excluding hydrogens is 458 g/mol. The molecule has 4 rings (SSSR count). The fraction of sp³-hybridized carbons (Fsp3) is 0.207. The molecule has 3 aromatic rings. The fourth-order valence-electron chi connectivity index (χ4n) is 4.38. The molecular formula is C29H27NO6. The maximum absolute atomic E-state index is 13.4. The highest BCUT2D eigenvalue weighted by molar-refractivity contribution is 6.51. The summed E-state index contributed by atoms with van der Waals surface area (Å²) in [5.41, 5.74) is 4.12. The molecule has 1 saturated heterocycles. The average Bonchev–Trinajstić information content (AvgIpc) is 3.10. The van der Waals surface area contributed by atoms with Gasteiger partial charge in [-0.1, -0.05) is 18.2 Å². The van der Waals surface area contributed by atoms with Crippen molar-refractivity contribution in [2.75, 3.05) is 12.0 Å². The second kappa shape index (κ2) is 9.70. The number of rotatable bonds is 5. The number of aryl methyl sites for hydroxylation is 3. The van der Waals surface area contributed by atoms with Gasteiger partial charge in [0.2, 0.25) is 0 Å². The lowest BCUT2D eigenvalue weighted by Crippen LogP contribution is -2.29. The van der Waals surface area contributed by atoms with E-state index in [1.165, 1.54) is 11.8 Å². The SMILES string of the molecule is COc1ccc(/C(O)=C2\C(=O)C(=O)N(c3ccc(C)c(C)c3)C2c2cccc(OC(C)=O)c2)cc1C. The highest BCUT2D eigenvalue weighted by Crippen LogP contribution is 2.43. The molecule has 0 spiro atoms. The van der Waals surface area contributed by atoms with Crippen molar-refractivity contribution in [1.82, 2.24) is 0 Å². The van der Waals surface area contributed by atoms with Crippen LogP contribution in [0.1, 0.15) is 40.8 Å². The summed E-state index contributed by atoms with van der Waals surface area (Å²) in [6, 6.07) is 16.2. The molecule has 1 heterocycles. The summed E-state index contributed by atoms with van der Waals surface area (Å²) in [5.74, 6) is -1.45. The van der Waals surface area contributed by atoms with E-state index in [4.69, 9.17) is 9.47 Å². The van der Waals surface area contributed by atoms with Crippen LogP contribution in [0.4, 0.5) is 5.69 Å². The number of aliphatic hydroxyl groups excluding tert-OH is 1. The van der Waals surface area contributed by atoms with E-state index in [2.05, 4.69) is 0 Å². The minimum absolute atomic E-state index is 0.0530. The first-order chi connectivity index (χ1) is 17.1. The van der Waals surface area contributed by atoms with Gasteiger partial charge in [0.15, 0.2) is 0 Å². The molecule has 0 radical (unpaired) electrons. The van der Waals surface area contributed by atoms with E-state index < -0.39 is 23.7 Å². The zero-order valence-electron chi connectivity index (χ0n) is 20.8. The van der Waals surface area contributed by atoms with Gasteiger partial charge in [0.05, 0.1) is 18.7 Å². The monoisotopic (exact) mass is 485 g/mol. The number of carbonyl (C=O) groups excluding carboxylic acids is 3. The van der Waals surface area contributed by atoms with E-state index in [-0.39, 0.29) is 17.1 Å². The van der Waals surface area contributed by atoms with Gasteiger partial charge in [-0.25, -0.2) is 0 Å². The molecule has 7 nitrogen and oxygen atoms in total. The number of aliphatic hydroxyl groups is 1. The van der Waals surface area contributed by atoms with Crippen molar-refractivity contribution in [1.29, 1.82) is 0 Å². The third kappa shape index (κ3) is 4.47. The number of anilines is 1. The van der Waals surface area contributed by atoms with E-state index >= 15 is 0 Å². The average molecular weight is 486 g/mol. The molecule has 7 heteroatoms. The second-order valence-corrected chi connectivity index (χ2v) is 8.79. The van der Waals surface area contributed by atoms with Crippen molar-refractivity contribution < 1.29 is 29.0 Å². The Kier molecular flexibility index (Phi) is 6.66. The molecule has 0 bridgehead atoms. The van der Waals surface area contributed by atoms with Crippen molar-refractivity contribution in [3.05, 3.63) is 94.1 Å². The molecule has 0 aromatic heterocycles. The summed E-state index contributed by atoms with van der Waals surface area (Å²) >= 11 is 0. The van der Waals surface area contributed by atoms with Gasteiger partial charge in [-0.05, 0) is 85.5 Å². The van der Waals surface area contributed by atoms with E-state index in [0.717, 1.165) is 16.7 Å². The summed E-state index contributed by atoms with van der Waals surface area (Å²) in [6.07, 6.45) is 0. The van der Waals surface area contributed by atoms with Crippen LogP contribution in [0, 0.1) is 20.8 Å². The lowest BCUT2D eigenvalue weighted by Gasteiger charge is -2.26. The Morgan fingerprint density at radius 1 is 0.917 bits per heavy atom. The lowest BCUT2D eigenvalue weighted by molar-refractivity contribution is -0.132.